The molecule has 0 aliphatic rings. The number of rotatable bonds is 4. The van der Waals surface area contributed by atoms with Crippen LogP contribution in [0.15, 0.2) is 12.1 Å². The lowest BCUT2D eigenvalue weighted by Crippen LogP contribution is -2.09. The minimum absolute atomic E-state index is 0.0424. The first kappa shape index (κ1) is 11.2. The molecule has 0 amide bonds. The molecule has 0 spiro atoms. The van der Waals surface area contributed by atoms with Crippen molar-refractivity contribution in [1.29, 1.82) is 0 Å². The summed E-state index contributed by atoms with van der Waals surface area (Å²) in [4.78, 5) is 13.4. The molecule has 0 saturated heterocycles. The van der Waals surface area contributed by atoms with E-state index in [4.69, 9.17) is 4.74 Å². The number of thiophene rings is 1. The van der Waals surface area contributed by atoms with Crippen LogP contribution in [0.3, 0.4) is 0 Å². The molecule has 14 heavy (non-hydrogen) atoms. The van der Waals surface area contributed by atoms with E-state index < -0.39 is 0 Å². The molecule has 0 aliphatic carbocycles. The number of carbonyl (C=O) groups excluding carboxylic acids is 1. The Balaban J connectivity index is 2.62. The normalized spacial score (nSPS) is 10.6. The Morgan fingerprint density at radius 1 is 1.50 bits per heavy atom. The van der Waals surface area contributed by atoms with Crippen LogP contribution in [0.5, 0.6) is 0 Å². The molecule has 2 nitrogen and oxygen atoms in total. The van der Waals surface area contributed by atoms with Gasteiger partial charge in [0, 0.05) is 4.88 Å². The van der Waals surface area contributed by atoms with Crippen molar-refractivity contribution >= 4 is 17.3 Å². The molecule has 1 aromatic heterocycles. The van der Waals surface area contributed by atoms with Gasteiger partial charge in [0.2, 0.25) is 0 Å². The van der Waals surface area contributed by atoms with Gasteiger partial charge in [-0.2, -0.15) is 0 Å². The lowest BCUT2D eigenvalue weighted by atomic mass is 10.3. The zero-order chi connectivity index (χ0) is 10.6. The van der Waals surface area contributed by atoms with E-state index in [-0.39, 0.29) is 12.1 Å². The van der Waals surface area contributed by atoms with Crippen LogP contribution in [0.1, 0.15) is 41.7 Å². The molecule has 0 saturated carbocycles. The third kappa shape index (κ3) is 3.14. The van der Waals surface area contributed by atoms with Crippen molar-refractivity contribution in [2.45, 2.75) is 39.7 Å². The van der Waals surface area contributed by atoms with Crippen molar-refractivity contribution in [2.24, 2.45) is 0 Å². The zero-order valence-corrected chi connectivity index (χ0v) is 9.69. The SMILES string of the molecule is CCCc1ccc(C(=O)OC(C)C)s1. The molecule has 0 aliphatic heterocycles. The van der Waals surface area contributed by atoms with Gasteiger partial charge in [0.1, 0.15) is 4.88 Å². The maximum atomic E-state index is 11.5. The van der Waals surface area contributed by atoms with E-state index in [0.29, 0.717) is 4.88 Å². The topological polar surface area (TPSA) is 26.3 Å². The van der Waals surface area contributed by atoms with Crippen LogP contribution in [0.4, 0.5) is 0 Å². The van der Waals surface area contributed by atoms with Crippen LogP contribution in [0.2, 0.25) is 0 Å². The highest BCUT2D eigenvalue weighted by atomic mass is 32.1. The number of ether oxygens (including phenoxy) is 1. The molecule has 0 fully saturated rings. The minimum Gasteiger partial charge on any atom is -0.459 e. The van der Waals surface area contributed by atoms with E-state index in [1.54, 1.807) is 0 Å². The Morgan fingerprint density at radius 3 is 2.79 bits per heavy atom. The van der Waals surface area contributed by atoms with Gasteiger partial charge in [-0.25, -0.2) is 4.79 Å². The number of carbonyl (C=O) groups is 1. The van der Waals surface area contributed by atoms with Crippen molar-refractivity contribution in [3.8, 4) is 0 Å². The molecule has 78 valence electrons. The fourth-order valence-electron chi connectivity index (χ4n) is 1.14. The Labute approximate surface area is 88.9 Å². The molecule has 0 unspecified atom stereocenters. The molecule has 1 aromatic rings. The molecule has 1 heterocycles. The lowest BCUT2D eigenvalue weighted by molar-refractivity contribution is 0.0384. The summed E-state index contributed by atoms with van der Waals surface area (Å²) in [5.74, 6) is -0.202. The summed E-state index contributed by atoms with van der Waals surface area (Å²) in [6.45, 7) is 5.85. The second-order valence-electron chi connectivity index (χ2n) is 3.47. The second kappa shape index (κ2) is 5.15. The van der Waals surface area contributed by atoms with Gasteiger partial charge in [0.25, 0.3) is 0 Å². The van der Waals surface area contributed by atoms with Gasteiger partial charge in [-0.05, 0) is 32.4 Å². The quantitative estimate of drug-likeness (QED) is 0.716. The summed E-state index contributed by atoms with van der Waals surface area (Å²) < 4.78 is 5.10. The average molecular weight is 212 g/mol. The largest absolute Gasteiger partial charge is 0.459 e. The van der Waals surface area contributed by atoms with Gasteiger partial charge in [0.15, 0.2) is 0 Å². The maximum absolute atomic E-state index is 11.5. The van der Waals surface area contributed by atoms with Crippen molar-refractivity contribution in [1.82, 2.24) is 0 Å². The molecule has 0 aromatic carbocycles. The Bertz CT molecular complexity index is 302. The number of hydrogen-bond donors (Lipinski definition) is 0. The molecular formula is C11H16O2S. The average Bonchev–Trinajstić information content (AvgIpc) is 2.52. The summed E-state index contributed by atoms with van der Waals surface area (Å²) in [5, 5.41) is 0. The lowest BCUT2D eigenvalue weighted by Gasteiger charge is -2.05. The number of aryl methyl sites for hydroxylation is 1. The van der Waals surface area contributed by atoms with Crippen LogP contribution in [-0.4, -0.2) is 12.1 Å². The van der Waals surface area contributed by atoms with Crippen LogP contribution in [-0.2, 0) is 11.2 Å². The third-order valence-corrected chi connectivity index (χ3v) is 2.83. The Hall–Kier alpha value is -0.830. The van der Waals surface area contributed by atoms with E-state index in [2.05, 4.69) is 6.92 Å². The Morgan fingerprint density at radius 2 is 2.21 bits per heavy atom. The first-order valence-corrected chi connectivity index (χ1v) is 5.74. The third-order valence-electron chi connectivity index (χ3n) is 1.70. The van der Waals surface area contributed by atoms with Gasteiger partial charge in [-0.15, -0.1) is 11.3 Å². The van der Waals surface area contributed by atoms with E-state index >= 15 is 0 Å². The number of hydrogen-bond acceptors (Lipinski definition) is 3. The summed E-state index contributed by atoms with van der Waals surface area (Å²) in [5.41, 5.74) is 0. The summed E-state index contributed by atoms with van der Waals surface area (Å²) >= 11 is 1.53. The van der Waals surface area contributed by atoms with Crippen LogP contribution < -0.4 is 0 Å². The monoisotopic (exact) mass is 212 g/mol. The standard InChI is InChI=1S/C11H16O2S/c1-4-5-9-6-7-10(14-9)11(12)13-8(2)3/h6-8H,4-5H2,1-3H3. The molecule has 0 bridgehead atoms. The summed E-state index contributed by atoms with van der Waals surface area (Å²) in [6, 6.07) is 3.85. The Kier molecular flexibility index (Phi) is 4.14. The first-order chi connectivity index (χ1) is 6.63. The molecule has 1 rings (SSSR count). The highest BCUT2D eigenvalue weighted by Gasteiger charge is 2.11. The predicted octanol–water partition coefficient (Wildman–Crippen LogP) is 3.27. The predicted molar refractivity (Wildman–Crippen MR) is 58.9 cm³/mol. The molecule has 3 heteroatoms. The minimum atomic E-state index is -0.202. The zero-order valence-electron chi connectivity index (χ0n) is 8.87. The fourth-order valence-corrected chi connectivity index (χ4v) is 2.13. The van der Waals surface area contributed by atoms with Crippen molar-refractivity contribution in [2.75, 3.05) is 0 Å². The smallest absolute Gasteiger partial charge is 0.348 e. The van der Waals surface area contributed by atoms with E-state index in [9.17, 15) is 4.79 Å². The molecule has 0 radical (unpaired) electrons. The van der Waals surface area contributed by atoms with Gasteiger partial charge in [0.05, 0.1) is 6.10 Å². The molecule has 0 N–H and O–H groups in total. The van der Waals surface area contributed by atoms with Crippen LogP contribution in [0, 0.1) is 0 Å². The maximum Gasteiger partial charge on any atom is 0.348 e. The highest BCUT2D eigenvalue weighted by molar-refractivity contribution is 7.13. The van der Waals surface area contributed by atoms with E-state index in [1.807, 2.05) is 26.0 Å². The van der Waals surface area contributed by atoms with Crippen LogP contribution >= 0.6 is 11.3 Å². The second-order valence-corrected chi connectivity index (χ2v) is 4.64. The highest BCUT2D eigenvalue weighted by Crippen LogP contribution is 2.19. The van der Waals surface area contributed by atoms with Gasteiger partial charge in [-0.1, -0.05) is 13.3 Å². The number of esters is 1. The van der Waals surface area contributed by atoms with Crippen molar-refractivity contribution in [3.63, 3.8) is 0 Å². The van der Waals surface area contributed by atoms with Gasteiger partial charge >= 0.3 is 5.97 Å². The first-order valence-electron chi connectivity index (χ1n) is 4.93. The van der Waals surface area contributed by atoms with Gasteiger partial charge < -0.3 is 4.74 Å². The van der Waals surface area contributed by atoms with E-state index in [1.165, 1.54) is 16.2 Å². The van der Waals surface area contributed by atoms with Crippen LogP contribution in [0.25, 0.3) is 0 Å². The molecule has 0 atom stereocenters. The van der Waals surface area contributed by atoms with Crippen molar-refractivity contribution in [3.05, 3.63) is 21.9 Å². The van der Waals surface area contributed by atoms with Gasteiger partial charge in [-0.3, -0.25) is 0 Å². The van der Waals surface area contributed by atoms with E-state index in [0.717, 1.165) is 12.8 Å². The summed E-state index contributed by atoms with van der Waals surface area (Å²) in [7, 11) is 0. The molecular weight excluding hydrogens is 196 g/mol. The van der Waals surface area contributed by atoms with Crippen molar-refractivity contribution < 1.29 is 9.53 Å². The summed E-state index contributed by atoms with van der Waals surface area (Å²) in [6.07, 6.45) is 2.11. The fraction of sp³-hybridized carbons (Fsp3) is 0.545.